The van der Waals surface area contributed by atoms with Crippen molar-refractivity contribution in [3.8, 4) is 17.2 Å². The lowest BCUT2D eigenvalue weighted by molar-refractivity contribution is 0.101. The van der Waals surface area contributed by atoms with Crippen molar-refractivity contribution in [2.75, 3.05) is 50.0 Å². The molecular formula is C34H33BrN4O6. The van der Waals surface area contributed by atoms with Crippen molar-refractivity contribution in [2.45, 2.75) is 18.9 Å². The lowest BCUT2D eigenvalue weighted by atomic mass is 9.83. The van der Waals surface area contributed by atoms with Gasteiger partial charge in [-0.2, -0.15) is 0 Å². The van der Waals surface area contributed by atoms with E-state index in [1.54, 1.807) is 68.8 Å². The Kier molecular flexibility index (Phi) is 8.53. The molecule has 45 heavy (non-hydrogen) atoms. The van der Waals surface area contributed by atoms with E-state index in [-0.39, 0.29) is 29.2 Å². The van der Waals surface area contributed by atoms with Gasteiger partial charge in [0.05, 0.1) is 38.3 Å². The van der Waals surface area contributed by atoms with Gasteiger partial charge in [-0.1, -0.05) is 6.07 Å². The quantitative estimate of drug-likeness (QED) is 0.245. The van der Waals surface area contributed by atoms with Crippen LogP contribution in [0, 0.1) is 5.92 Å². The third-order valence-electron chi connectivity index (χ3n) is 8.39. The minimum atomic E-state index is -0.353. The van der Waals surface area contributed by atoms with E-state index in [1.807, 2.05) is 22.8 Å². The van der Waals surface area contributed by atoms with E-state index in [0.29, 0.717) is 63.9 Å². The molecule has 2 aliphatic rings. The fraction of sp³-hybridized carbons (Fsp3) is 0.265. The summed E-state index contributed by atoms with van der Waals surface area (Å²) in [6, 6.07) is 21.1. The van der Waals surface area contributed by atoms with Gasteiger partial charge in [-0.25, -0.2) is 0 Å². The topological polar surface area (TPSA) is 111 Å². The summed E-state index contributed by atoms with van der Waals surface area (Å²) in [5.74, 6) is 1.30. The van der Waals surface area contributed by atoms with E-state index >= 15 is 0 Å². The molecule has 0 saturated carbocycles. The molecule has 2 unspecified atom stereocenters. The number of rotatable bonds is 8. The Morgan fingerprint density at radius 2 is 1.64 bits per heavy atom. The van der Waals surface area contributed by atoms with Crippen LogP contribution in [0.25, 0.3) is 0 Å². The summed E-state index contributed by atoms with van der Waals surface area (Å²) in [6.45, 7) is 2.02. The fourth-order valence-corrected chi connectivity index (χ4v) is 6.69. The van der Waals surface area contributed by atoms with Crippen molar-refractivity contribution in [3.05, 3.63) is 104 Å². The van der Waals surface area contributed by atoms with Gasteiger partial charge in [-0.15, -0.1) is 0 Å². The standard InChI is InChI=1S/C34H33BrN4O6/c1-43-24-9-10-26(35)25(16-24)34(42)37-27-14-21(33(41)36-23-8-12-30(44-2)31(15-23)45-3)7-11-29(27)38-17-20-13-22(19-38)28-5-4-6-32(40)39(28)18-20/h4-12,14-16,20,22H,13,17-19H2,1-3H3,(H,36,41)(H,37,42). The molecule has 10 nitrogen and oxygen atoms in total. The Balaban J connectivity index is 1.34. The van der Waals surface area contributed by atoms with E-state index in [1.165, 1.54) is 7.11 Å². The minimum absolute atomic E-state index is 0.0253. The van der Waals surface area contributed by atoms with Crippen LogP contribution in [0.2, 0.25) is 0 Å². The monoisotopic (exact) mass is 672 g/mol. The van der Waals surface area contributed by atoms with Crippen LogP contribution >= 0.6 is 15.9 Å². The molecule has 11 heteroatoms. The van der Waals surface area contributed by atoms with Crippen molar-refractivity contribution in [1.29, 1.82) is 0 Å². The molecule has 0 spiro atoms. The molecule has 4 aromatic rings. The van der Waals surface area contributed by atoms with E-state index in [9.17, 15) is 14.4 Å². The molecule has 0 aliphatic carbocycles. The Labute approximate surface area is 269 Å². The van der Waals surface area contributed by atoms with E-state index < -0.39 is 0 Å². The van der Waals surface area contributed by atoms with Crippen molar-refractivity contribution in [1.82, 2.24) is 4.57 Å². The molecule has 6 rings (SSSR count). The van der Waals surface area contributed by atoms with Gasteiger partial charge in [0.1, 0.15) is 5.75 Å². The third-order valence-corrected chi connectivity index (χ3v) is 9.08. The molecule has 1 fully saturated rings. The zero-order chi connectivity index (χ0) is 31.7. The number of carbonyl (C=O) groups is 2. The Bertz CT molecular complexity index is 1840. The molecule has 2 atom stereocenters. The van der Waals surface area contributed by atoms with Crippen LogP contribution < -0.4 is 35.3 Å². The van der Waals surface area contributed by atoms with Gasteiger partial charge >= 0.3 is 0 Å². The number of aromatic nitrogens is 1. The average Bonchev–Trinajstić information content (AvgIpc) is 3.05. The number of piperidine rings is 1. The molecule has 0 radical (unpaired) electrons. The number of nitrogens with zero attached hydrogens (tertiary/aromatic N) is 2. The second kappa shape index (κ2) is 12.7. The minimum Gasteiger partial charge on any atom is -0.497 e. The second-order valence-electron chi connectivity index (χ2n) is 11.2. The third kappa shape index (κ3) is 6.12. The number of nitrogens with one attached hydrogen (secondary N) is 2. The van der Waals surface area contributed by atoms with Gasteiger partial charge in [0.25, 0.3) is 17.4 Å². The van der Waals surface area contributed by atoms with Crippen LogP contribution in [0.1, 0.15) is 38.7 Å². The number of methoxy groups -OCH3 is 3. The van der Waals surface area contributed by atoms with Crippen LogP contribution in [-0.2, 0) is 6.54 Å². The second-order valence-corrected chi connectivity index (χ2v) is 12.0. The first-order chi connectivity index (χ1) is 21.8. The zero-order valence-corrected chi connectivity index (χ0v) is 26.7. The molecule has 232 valence electrons. The predicted octanol–water partition coefficient (Wildman–Crippen LogP) is 5.76. The highest BCUT2D eigenvalue weighted by Crippen LogP contribution is 2.40. The van der Waals surface area contributed by atoms with Crippen molar-refractivity contribution >= 4 is 44.8 Å². The zero-order valence-electron chi connectivity index (χ0n) is 25.1. The van der Waals surface area contributed by atoms with Crippen LogP contribution in [0.5, 0.6) is 17.2 Å². The first kappa shape index (κ1) is 30.3. The van der Waals surface area contributed by atoms with Gasteiger partial charge in [-0.3, -0.25) is 14.4 Å². The highest BCUT2D eigenvalue weighted by atomic mass is 79.9. The van der Waals surface area contributed by atoms with Crippen LogP contribution in [0.3, 0.4) is 0 Å². The number of hydrogen-bond donors (Lipinski definition) is 2. The van der Waals surface area contributed by atoms with Crippen molar-refractivity contribution < 1.29 is 23.8 Å². The number of halogens is 1. The summed E-state index contributed by atoms with van der Waals surface area (Å²) in [7, 11) is 4.62. The lowest BCUT2D eigenvalue weighted by Crippen LogP contribution is -2.47. The van der Waals surface area contributed by atoms with Gasteiger partial charge in [0, 0.05) is 59.1 Å². The first-order valence-corrected chi connectivity index (χ1v) is 15.3. The smallest absolute Gasteiger partial charge is 0.257 e. The number of pyridine rings is 1. The fourth-order valence-electron chi connectivity index (χ4n) is 6.26. The van der Waals surface area contributed by atoms with Crippen LogP contribution in [0.15, 0.2) is 82.1 Å². The molecule has 3 aromatic carbocycles. The van der Waals surface area contributed by atoms with E-state index in [0.717, 1.165) is 17.8 Å². The number of fused-ring (bicyclic) bond motifs is 4. The van der Waals surface area contributed by atoms with Crippen molar-refractivity contribution in [2.24, 2.45) is 5.92 Å². The predicted molar refractivity (Wildman–Crippen MR) is 176 cm³/mol. The average molecular weight is 674 g/mol. The van der Waals surface area contributed by atoms with Gasteiger partial charge in [0.2, 0.25) is 0 Å². The van der Waals surface area contributed by atoms with Gasteiger partial charge in [0.15, 0.2) is 11.5 Å². The largest absolute Gasteiger partial charge is 0.497 e. The SMILES string of the molecule is COc1ccc(Br)c(C(=O)Nc2cc(C(=O)Nc3ccc(OC)c(OC)c3)ccc2N2CC3CC(C2)c2cccc(=O)n2C3)c1. The summed E-state index contributed by atoms with van der Waals surface area (Å²) in [6.07, 6.45) is 0.990. The van der Waals surface area contributed by atoms with Crippen LogP contribution in [-0.4, -0.2) is 50.8 Å². The summed E-state index contributed by atoms with van der Waals surface area (Å²) in [5, 5.41) is 5.98. The summed E-state index contributed by atoms with van der Waals surface area (Å²) < 4.78 is 18.5. The lowest BCUT2D eigenvalue weighted by Gasteiger charge is -2.44. The number of hydrogen-bond acceptors (Lipinski definition) is 7. The number of ether oxygens (including phenoxy) is 3. The highest BCUT2D eigenvalue weighted by molar-refractivity contribution is 9.10. The Hall–Kier alpha value is -4.77. The van der Waals surface area contributed by atoms with Gasteiger partial charge < -0.3 is 34.3 Å². The summed E-state index contributed by atoms with van der Waals surface area (Å²) >= 11 is 3.48. The number of benzene rings is 3. The van der Waals surface area contributed by atoms with Gasteiger partial charge in [-0.05, 0) is 82.9 Å². The van der Waals surface area contributed by atoms with E-state index in [4.69, 9.17) is 14.2 Å². The number of amides is 2. The molecule has 2 amide bonds. The first-order valence-electron chi connectivity index (χ1n) is 14.5. The number of anilines is 3. The molecule has 2 bridgehead atoms. The molecule has 3 heterocycles. The molecule has 1 aromatic heterocycles. The summed E-state index contributed by atoms with van der Waals surface area (Å²) in [5.41, 5.74) is 3.64. The Morgan fingerprint density at radius 1 is 0.822 bits per heavy atom. The molecule has 2 aliphatic heterocycles. The molecular weight excluding hydrogens is 640 g/mol. The maximum Gasteiger partial charge on any atom is 0.257 e. The van der Waals surface area contributed by atoms with Crippen LogP contribution in [0.4, 0.5) is 17.1 Å². The highest BCUT2D eigenvalue weighted by Gasteiger charge is 2.35. The summed E-state index contributed by atoms with van der Waals surface area (Å²) in [4.78, 5) is 41.9. The molecule has 2 N–H and O–H groups in total. The van der Waals surface area contributed by atoms with E-state index in [2.05, 4.69) is 31.5 Å². The van der Waals surface area contributed by atoms with Crippen molar-refractivity contribution in [3.63, 3.8) is 0 Å². The maximum absolute atomic E-state index is 13.7. The Morgan fingerprint density at radius 3 is 2.42 bits per heavy atom. The number of carbonyl (C=O) groups excluding carboxylic acids is 2. The normalized spacial score (nSPS) is 16.8. The molecule has 1 saturated heterocycles. The maximum atomic E-state index is 13.7.